The van der Waals surface area contributed by atoms with Crippen molar-refractivity contribution in [1.29, 1.82) is 0 Å². The maximum absolute atomic E-state index is 3.84. The first-order valence-corrected chi connectivity index (χ1v) is 8.38. The van der Waals surface area contributed by atoms with Crippen LogP contribution in [-0.2, 0) is 12.8 Å². The lowest BCUT2D eigenvalue weighted by atomic mass is 10.00. The molecule has 0 spiro atoms. The van der Waals surface area contributed by atoms with E-state index in [-0.39, 0.29) is 4.83 Å². The molecule has 0 heterocycles. The van der Waals surface area contributed by atoms with E-state index < -0.39 is 0 Å². The van der Waals surface area contributed by atoms with Gasteiger partial charge in [0, 0.05) is 4.47 Å². The highest BCUT2D eigenvalue weighted by atomic mass is 79.9. The number of aryl methyl sites for hydroxylation is 3. The average Bonchev–Trinajstić information content (AvgIpc) is 2.88. The molecule has 2 aromatic carbocycles. The Morgan fingerprint density at radius 1 is 0.947 bits per heavy atom. The minimum absolute atomic E-state index is 0.273. The van der Waals surface area contributed by atoms with Gasteiger partial charge in [-0.05, 0) is 60.1 Å². The largest absolute Gasteiger partial charge is 0.0786 e. The average molecular weight is 380 g/mol. The summed E-state index contributed by atoms with van der Waals surface area (Å²) >= 11 is 7.46. The molecule has 1 aliphatic rings. The third-order valence-electron chi connectivity index (χ3n) is 3.90. The number of halogens is 2. The summed E-state index contributed by atoms with van der Waals surface area (Å²) in [4.78, 5) is 0.273. The molecule has 0 saturated carbocycles. The van der Waals surface area contributed by atoms with Crippen LogP contribution in [0.15, 0.2) is 40.9 Å². The van der Waals surface area contributed by atoms with Gasteiger partial charge in [0.2, 0.25) is 0 Å². The Labute approximate surface area is 131 Å². The predicted octanol–water partition coefficient (Wildman–Crippen LogP) is 5.73. The quantitative estimate of drug-likeness (QED) is 0.584. The fourth-order valence-corrected chi connectivity index (χ4v) is 3.67. The van der Waals surface area contributed by atoms with Gasteiger partial charge in [0.25, 0.3) is 0 Å². The van der Waals surface area contributed by atoms with Crippen LogP contribution in [-0.4, -0.2) is 0 Å². The molecule has 2 heteroatoms. The molecular weight excluding hydrogens is 364 g/mol. The molecule has 0 saturated heterocycles. The highest BCUT2D eigenvalue weighted by Gasteiger charge is 2.16. The highest BCUT2D eigenvalue weighted by molar-refractivity contribution is 9.10. The van der Waals surface area contributed by atoms with Crippen LogP contribution >= 0.6 is 31.9 Å². The SMILES string of the molecule is Cc1ccc(C(Br)c2ccc3c(c2)CCC3)cc1Br. The summed E-state index contributed by atoms with van der Waals surface area (Å²) in [6.45, 7) is 2.12. The first-order valence-electron chi connectivity index (χ1n) is 6.67. The molecule has 0 bridgehead atoms. The normalized spacial score (nSPS) is 15.3. The number of alkyl halides is 1. The first kappa shape index (κ1) is 13.4. The molecular formula is C17H16Br2. The van der Waals surface area contributed by atoms with Gasteiger partial charge in [-0.15, -0.1) is 0 Å². The topological polar surface area (TPSA) is 0 Å². The van der Waals surface area contributed by atoms with E-state index in [0.29, 0.717) is 0 Å². The van der Waals surface area contributed by atoms with E-state index in [1.807, 2.05) is 0 Å². The Bertz CT molecular complexity index is 617. The van der Waals surface area contributed by atoms with Crippen molar-refractivity contribution in [2.24, 2.45) is 0 Å². The van der Waals surface area contributed by atoms with Crippen LogP contribution in [0.4, 0.5) is 0 Å². The van der Waals surface area contributed by atoms with E-state index in [0.717, 1.165) is 0 Å². The Hall–Kier alpha value is -0.600. The Balaban J connectivity index is 1.94. The van der Waals surface area contributed by atoms with Crippen molar-refractivity contribution in [1.82, 2.24) is 0 Å². The monoisotopic (exact) mass is 378 g/mol. The highest BCUT2D eigenvalue weighted by Crippen LogP contribution is 2.35. The van der Waals surface area contributed by atoms with Gasteiger partial charge in [0.15, 0.2) is 0 Å². The van der Waals surface area contributed by atoms with Gasteiger partial charge >= 0.3 is 0 Å². The fraction of sp³-hybridized carbons (Fsp3) is 0.294. The minimum Gasteiger partial charge on any atom is -0.0786 e. The Morgan fingerprint density at radius 2 is 1.63 bits per heavy atom. The van der Waals surface area contributed by atoms with Crippen molar-refractivity contribution in [3.8, 4) is 0 Å². The molecule has 0 aliphatic heterocycles. The molecule has 19 heavy (non-hydrogen) atoms. The van der Waals surface area contributed by atoms with Crippen molar-refractivity contribution < 1.29 is 0 Å². The Morgan fingerprint density at radius 3 is 2.42 bits per heavy atom. The zero-order chi connectivity index (χ0) is 13.4. The fourth-order valence-electron chi connectivity index (χ4n) is 2.71. The van der Waals surface area contributed by atoms with Gasteiger partial charge in [-0.2, -0.15) is 0 Å². The second-order valence-electron chi connectivity index (χ2n) is 5.25. The van der Waals surface area contributed by atoms with Crippen molar-refractivity contribution in [3.05, 3.63) is 68.7 Å². The number of hydrogen-bond donors (Lipinski definition) is 0. The van der Waals surface area contributed by atoms with E-state index >= 15 is 0 Å². The van der Waals surface area contributed by atoms with Crippen LogP contribution in [0.25, 0.3) is 0 Å². The molecule has 1 atom stereocenters. The van der Waals surface area contributed by atoms with Crippen LogP contribution in [0.5, 0.6) is 0 Å². The standard InChI is InChI=1S/C17H16Br2/c1-11-5-6-15(10-16(11)18)17(19)14-8-7-12-3-2-4-13(12)9-14/h5-10,17H,2-4H2,1H3. The molecule has 0 radical (unpaired) electrons. The van der Waals surface area contributed by atoms with E-state index in [1.165, 1.54) is 51.6 Å². The third kappa shape index (κ3) is 2.66. The summed E-state index contributed by atoms with van der Waals surface area (Å²) in [6.07, 6.45) is 3.79. The maximum Gasteiger partial charge on any atom is 0.0645 e. The lowest BCUT2D eigenvalue weighted by molar-refractivity contribution is 0.911. The van der Waals surface area contributed by atoms with Crippen molar-refractivity contribution in [2.45, 2.75) is 31.0 Å². The van der Waals surface area contributed by atoms with Crippen LogP contribution in [0.1, 0.15) is 39.1 Å². The first-order chi connectivity index (χ1) is 9.15. The van der Waals surface area contributed by atoms with Crippen molar-refractivity contribution >= 4 is 31.9 Å². The summed E-state index contributed by atoms with van der Waals surface area (Å²) in [5, 5.41) is 0. The number of rotatable bonds is 2. The van der Waals surface area contributed by atoms with Gasteiger partial charge in [0.05, 0.1) is 4.83 Å². The minimum atomic E-state index is 0.273. The molecule has 98 valence electrons. The van der Waals surface area contributed by atoms with Gasteiger partial charge in [-0.1, -0.05) is 62.2 Å². The smallest absolute Gasteiger partial charge is 0.0645 e. The Kier molecular flexibility index (Phi) is 3.81. The summed E-state index contributed by atoms with van der Waals surface area (Å²) in [7, 11) is 0. The van der Waals surface area contributed by atoms with E-state index in [2.05, 4.69) is 75.2 Å². The molecule has 0 amide bonds. The molecule has 0 nitrogen and oxygen atoms in total. The van der Waals surface area contributed by atoms with Gasteiger partial charge in [0.1, 0.15) is 0 Å². The number of benzene rings is 2. The maximum atomic E-state index is 3.84. The molecule has 1 aliphatic carbocycles. The van der Waals surface area contributed by atoms with Gasteiger partial charge < -0.3 is 0 Å². The molecule has 0 aromatic heterocycles. The van der Waals surface area contributed by atoms with E-state index in [9.17, 15) is 0 Å². The summed E-state index contributed by atoms with van der Waals surface area (Å²) in [5.74, 6) is 0. The zero-order valence-electron chi connectivity index (χ0n) is 10.9. The molecule has 3 rings (SSSR count). The van der Waals surface area contributed by atoms with E-state index in [1.54, 1.807) is 0 Å². The van der Waals surface area contributed by atoms with Gasteiger partial charge in [-0.25, -0.2) is 0 Å². The number of fused-ring (bicyclic) bond motifs is 1. The molecule has 1 unspecified atom stereocenters. The van der Waals surface area contributed by atoms with E-state index in [4.69, 9.17) is 0 Å². The van der Waals surface area contributed by atoms with Gasteiger partial charge in [-0.3, -0.25) is 0 Å². The van der Waals surface area contributed by atoms with Crippen molar-refractivity contribution in [3.63, 3.8) is 0 Å². The summed E-state index contributed by atoms with van der Waals surface area (Å²) in [5.41, 5.74) is 7.01. The second kappa shape index (κ2) is 5.41. The van der Waals surface area contributed by atoms with Crippen LogP contribution < -0.4 is 0 Å². The lowest BCUT2D eigenvalue weighted by Gasteiger charge is -2.13. The van der Waals surface area contributed by atoms with Crippen LogP contribution in [0.3, 0.4) is 0 Å². The number of hydrogen-bond acceptors (Lipinski definition) is 0. The second-order valence-corrected chi connectivity index (χ2v) is 7.02. The zero-order valence-corrected chi connectivity index (χ0v) is 14.1. The van der Waals surface area contributed by atoms with Crippen LogP contribution in [0, 0.1) is 6.92 Å². The lowest BCUT2D eigenvalue weighted by Crippen LogP contribution is -1.95. The summed E-state index contributed by atoms with van der Waals surface area (Å²) < 4.78 is 1.18. The molecule has 0 N–H and O–H groups in total. The van der Waals surface area contributed by atoms with Crippen LogP contribution in [0.2, 0.25) is 0 Å². The predicted molar refractivity (Wildman–Crippen MR) is 88.1 cm³/mol. The third-order valence-corrected chi connectivity index (χ3v) is 5.82. The van der Waals surface area contributed by atoms with Crippen molar-refractivity contribution in [2.75, 3.05) is 0 Å². The molecule has 0 fully saturated rings. The summed E-state index contributed by atoms with van der Waals surface area (Å²) in [6, 6.07) is 13.5. The molecule has 2 aromatic rings.